The maximum absolute atomic E-state index is 6.19. The third-order valence-corrected chi connectivity index (χ3v) is 4.99. The molecular formula is C21H34N4O3. The number of rotatable bonds is 7. The van der Waals surface area contributed by atoms with E-state index in [0.29, 0.717) is 13.2 Å². The first-order valence-corrected chi connectivity index (χ1v) is 10.3. The number of aliphatic imine (C=N–C) groups is 1. The zero-order chi connectivity index (χ0) is 19.8. The molecule has 2 N–H and O–H groups in total. The highest BCUT2D eigenvalue weighted by Gasteiger charge is 2.19. The summed E-state index contributed by atoms with van der Waals surface area (Å²) in [6.45, 7) is 10.4. The molecule has 2 atom stereocenters. The molecule has 2 aliphatic rings. The average molecular weight is 391 g/mol. The molecule has 7 heteroatoms. The Bertz CT molecular complexity index is 647. The smallest absolute Gasteiger partial charge is 0.191 e. The molecule has 1 aromatic carbocycles. The largest absolute Gasteiger partial charge is 0.488 e. The molecule has 2 unspecified atom stereocenters. The van der Waals surface area contributed by atoms with Gasteiger partial charge in [-0.05, 0) is 32.5 Å². The van der Waals surface area contributed by atoms with E-state index in [9.17, 15) is 0 Å². The molecule has 2 saturated heterocycles. The lowest BCUT2D eigenvalue weighted by atomic mass is 10.1. The maximum Gasteiger partial charge on any atom is 0.191 e. The van der Waals surface area contributed by atoms with E-state index >= 15 is 0 Å². The van der Waals surface area contributed by atoms with Crippen LogP contribution in [-0.2, 0) is 16.0 Å². The van der Waals surface area contributed by atoms with Crippen LogP contribution in [0, 0.1) is 6.92 Å². The summed E-state index contributed by atoms with van der Waals surface area (Å²) in [5, 5.41) is 6.73. The first-order valence-electron chi connectivity index (χ1n) is 10.3. The van der Waals surface area contributed by atoms with Crippen molar-refractivity contribution in [2.45, 2.75) is 39.0 Å². The normalized spacial score (nSPS) is 23.6. The fourth-order valence-corrected chi connectivity index (χ4v) is 3.39. The predicted octanol–water partition coefficient (Wildman–Crippen LogP) is 1.55. The van der Waals surface area contributed by atoms with E-state index in [0.717, 1.165) is 63.1 Å². The van der Waals surface area contributed by atoms with Crippen LogP contribution in [0.2, 0.25) is 0 Å². The Balaban J connectivity index is 1.61. The van der Waals surface area contributed by atoms with Gasteiger partial charge in [-0.3, -0.25) is 0 Å². The van der Waals surface area contributed by atoms with Crippen molar-refractivity contribution >= 4 is 5.96 Å². The van der Waals surface area contributed by atoms with Crippen molar-refractivity contribution in [3.05, 3.63) is 29.3 Å². The van der Waals surface area contributed by atoms with Crippen LogP contribution in [0.15, 0.2) is 23.2 Å². The lowest BCUT2D eigenvalue weighted by molar-refractivity contribution is -0.0161. The van der Waals surface area contributed by atoms with Crippen LogP contribution in [-0.4, -0.2) is 76.1 Å². The number of ether oxygens (including phenoxy) is 3. The zero-order valence-electron chi connectivity index (χ0n) is 17.4. The van der Waals surface area contributed by atoms with Crippen LogP contribution in [0.5, 0.6) is 5.75 Å². The molecule has 2 fully saturated rings. The minimum absolute atomic E-state index is 0.135. The molecule has 0 amide bonds. The van der Waals surface area contributed by atoms with Gasteiger partial charge in [0, 0.05) is 38.2 Å². The van der Waals surface area contributed by atoms with Crippen molar-refractivity contribution < 1.29 is 14.2 Å². The number of hydrogen-bond acceptors (Lipinski definition) is 5. The molecule has 0 aromatic heterocycles. The van der Waals surface area contributed by atoms with Crippen molar-refractivity contribution in [2.24, 2.45) is 4.99 Å². The molecule has 2 aliphatic heterocycles. The highest BCUT2D eigenvalue weighted by Crippen LogP contribution is 2.24. The van der Waals surface area contributed by atoms with Crippen LogP contribution in [0.1, 0.15) is 24.5 Å². The SMILES string of the molecule is CCNC(=NCc1ccc(C)cc1OC1CCOC1)NCC1CN(C)CCO1. The van der Waals surface area contributed by atoms with E-state index < -0.39 is 0 Å². The first-order chi connectivity index (χ1) is 13.6. The van der Waals surface area contributed by atoms with Gasteiger partial charge in [0.15, 0.2) is 5.96 Å². The van der Waals surface area contributed by atoms with Crippen molar-refractivity contribution in [1.29, 1.82) is 0 Å². The second-order valence-electron chi connectivity index (χ2n) is 7.55. The van der Waals surface area contributed by atoms with E-state index in [4.69, 9.17) is 19.2 Å². The minimum atomic E-state index is 0.135. The van der Waals surface area contributed by atoms with E-state index in [1.807, 2.05) is 0 Å². The lowest BCUT2D eigenvalue weighted by Crippen LogP contribution is -2.48. The molecule has 0 bridgehead atoms. The Hall–Kier alpha value is -1.83. The number of nitrogens with zero attached hydrogens (tertiary/aromatic N) is 2. The number of aryl methyl sites for hydroxylation is 1. The van der Waals surface area contributed by atoms with Crippen LogP contribution in [0.3, 0.4) is 0 Å². The molecule has 7 nitrogen and oxygen atoms in total. The Morgan fingerprint density at radius 1 is 1.32 bits per heavy atom. The summed E-state index contributed by atoms with van der Waals surface area (Å²) in [5.41, 5.74) is 2.27. The average Bonchev–Trinajstić information content (AvgIpc) is 3.18. The Morgan fingerprint density at radius 3 is 2.96 bits per heavy atom. The van der Waals surface area contributed by atoms with Gasteiger partial charge in [0.05, 0.1) is 32.5 Å². The fourth-order valence-electron chi connectivity index (χ4n) is 3.39. The topological polar surface area (TPSA) is 67.4 Å². The van der Waals surface area contributed by atoms with Gasteiger partial charge in [-0.15, -0.1) is 0 Å². The second kappa shape index (κ2) is 10.6. The number of likely N-dealkylation sites (N-methyl/N-ethyl adjacent to an activating group) is 1. The minimum Gasteiger partial charge on any atom is -0.488 e. The van der Waals surface area contributed by atoms with Crippen LogP contribution in [0.4, 0.5) is 0 Å². The predicted molar refractivity (Wildman–Crippen MR) is 111 cm³/mol. The van der Waals surface area contributed by atoms with E-state index in [2.05, 4.69) is 54.6 Å². The van der Waals surface area contributed by atoms with Gasteiger partial charge in [0.2, 0.25) is 0 Å². The van der Waals surface area contributed by atoms with Gasteiger partial charge < -0.3 is 29.7 Å². The number of nitrogens with one attached hydrogen (secondary N) is 2. The molecule has 3 rings (SSSR count). The quantitative estimate of drug-likeness (QED) is 0.544. The lowest BCUT2D eigenvalue weighted by Gasteiger charge is -2.30. The Kier molecular flexibility index (Phi) is 7.94. The van der Waals surface area contributed by atoms with Gasteiger partial charge in [-0.1, -0.05) is 12.1 Å². The Labute approximate surface area is 168 Å². The second-order valence-corrected chi connectivity index (χ2v) is 7.55. The molecule has 156 valence electrons. The van der Waals surface area contributed by atoms with E-state index in [1.165, 1.54) is 5.56 Å². The van der Waals surface area contributed by atoms with E-state index in [1.54, 1.807) is 0 Å². The molecule has 0 saturated carbocycles. The number of benzene rings is 1. The summed E-state index contributed by atoms with van der Waals surface area (Å²) < 4.78 is 17.5. The first kappa shape index (κ1) is 20.9. The van der Waals surface area contributed by atoms with Gasteiger partial charge in [0.25, 0.3) is 0 Å². The van der Waals surface area contributed by atoms with Crippen molar-refractivity contribution in [3.63, 3.8) is 0 Å². The summed E-state index contributed by atoms with van der Waals surface area (Å²) >= 11 is 0. The third-order valence-electron chi connectivity index (χ3n) is 4.99. The maximum atomic E-state index is 6.19. The van der Waals surface area contributed by atoms with Gasteiger partial charge in [0.1, 0.15) is 11.9 Å². The number of morpholine rings is 1. The van der Waals surface area contributed by atoms with Crippen molar-refractivity contribution in [1.82, 2.24) is 15.5 Å². The zero-order valence-corrected chi connectivity index (χ0v) is 17.4. The number of hydrogen-bond donors (Lipinski definition) is 2. The fraction of sp³-hybridized carbons (Fsp3) is 0.667. The molecular weight excluding hydrogens is 356 g/mol. The third kappa shape index (κ3) is 6.36. The Morgan fingerprint density at radius 2 is 2.21 bits per heavy atom. The summed E-state index contributed by atoms with van der Waals surface area (Å²) in [5.74, 6) is 1.71. The summed E-state index contributed by atoms with van der Waals surface area (Å²) in [6.07, 6.45) is 1.26. The van der Waals surface area contributed by atoms with Crippen LogP contribution >= 0.6 is 0 Å². The summed E-state index contributed by atoms with van der Waals surface area (Å²) in [4.78, 5) is 7.06. The standard InChI is InChI=1S/C21H34N4O3/c1-4-22-21(24-13-19-14-25(3)8-10-27-19)23-12-17-6-5-16(2)11-20(17)28-18-7-9-26-15-18/h5-6,11,18-19H,4,7-10,12-15H2,1-3H3,(H2,22,23,24). The summed E-state index contributed by atoms with van der Waals surface area (Å²) in [7, 11) is 2.13. The van der Waals surface area contributed by atoms with Crippen molar-refractivity contribution in [3.8, 4) is 5.75 Å². The van der Waals surface area contributed by atoms with Gasteiger partial charge in [-0.2, -0.15) is 0 Å². The molecule has 2 heterocycles. The van der Waals surface area contributed by atoms with Crippen molar-refractivity contribution in [2.75, 3.05) is 53.0 Å². The molecule has 0 radical (unpaired) electrons. The van der Waals surface area contributed by atoms with Gasteiger partial charge >= 0.3 is 0 Å². The molecule has 0 spiro atoms. The van der Waals surface area contributed by atoms with Crippen LogP contribution in [0.25, 0.3) is 0 Å². The van der Waals surface area contributed by atoms with E-state index in [-0.39, 0.29) is 12.2 Å². The monoisotopic (exact) mass is 390 g/mol. The molecule has 28 heavy (non-hydrogen) atoms. The van der Waals surface area contributed by atoms with Crippen LogP contribution < -0.4 is 15.4 Å². The van der Waals surface area contributed by atoms with Gasteiger partial charge in [-0.25, -0.2) is 4.99 Å². The highest BCUT2D eigenvalue weighted by molar-refractivity contribution is 5.79. The molecule has 0 aliphatic carbocycles. The number of guanidine groups is 1. The molecule has 1 aromatic rings. The highest BCUT2D eigenvalue weighted by atomic mass is 16.5. The summed E-state index contributed by atoms with van der Waals surface area (Å²) in [6, 6.07) is 6.30.